The van der Waals surface area contributed by atoms with Gasteiger partial charge in [-0.3, -0.25) is 14.9 Å². The monoisotopic (exact) mass is 468 g/mol. The van der Waals surface area contributed by atoms with Crippen molar-refractivity contribution in [3.05, 3.63) is 65.4 Å². The van der Waals surface area contributed by atoms with E-state index in [1.807, 2.05) is 48.5 Å². The zero-order valence-corrected chi connectivity index (χ0v) is 18.1. The number of anilines is 1. The average Bonchev–Trinajstić information content (AvgIpc) is 3.39. The third kappa shape index (κ3) is 5.14. The first-order chi connectivity index (χ1) is 16.0. The minimum absolute atomic E-state index is 0.0595. The second-order valence-electron chi connectivity index (χ2n) is 7.11. The van der Waals surface area contributed by atoms with Crippen molar-refractivity contribution >= 4 is 35.5 Å². The molecule has 10 nitrogen and oxygen atoms in total. The second-order valence-corrected chi connectivity index (χ2v) is 8.22. The quantitative estimate of drug-likeness (QED) is 0.404. The van der Waals surface area contributed by atoms with Crippen LogP contribution in [-0.4, -0.2) is 58.0 Å². The Morgan fingerprint density at radius 2 is 1.70 bits per heavy atom. The topological polar surface area (TPSA) is 144 Å². The van der Waals surface area contributed by atoms with Gasteiger partial charge in [-0.1, -0.05) is 48.5 Å². The van der Waals surface area contributed by atoms with Crippen molar-refractivity contribution in [3.8, 4) is 11.1 Å². The number of amides is 2. The summed E-state index contributed by atoms with van der Waals surface area (Å²) in [5.74, 6) is -1.47. The van der Waals surface area contributed by atoms with Crippen LogP contribution in [0.15, 0.2) is 53.2 Å². The number of hydrogen-bond donors (Lipinski definition) is 3. The summed E-state index contributed by atoms with van der Waals surface area (Å²) in [6, 6.07) is 16.0. The third-order valence-corrected chi connectivity index (χ3v) is 5.97. The predicted octanol–water partition coefficient (Wildman–Crippen LogP) is 2.98. The lowest BCUT2D eigenvalue weighted by atomic mass is 9.98. The maximum Gasteiger partial charge on any atom is 0.412 e. The summed E-state index contributed by atoms with van der Waals surface area (Å²) in [7, 11) is 0. The summed E-state index contributed by atoms with van der Waals surface area (Å²) in [4.78, 5) is 35.1. The van der Waals surface area contributed by atoms with Crippen LogP contribution >= 0.6 is 11.8 Å². The van der Waals surface area contributed by atoms with Gasteiger partial charge in [-0.15, -0.1) is 11.8 Å². The summed E-state index contributed by atoms with van der Waals surface area (Å²) < 4.78 is 10.0. The normalized spacial score (nSPS) is 12.0. The molecule has 1 aromatic heterocycles. The molecule has 3 aromatic rings. The van der Waals surface area contributed by atoms with E-state index in [1.165, 1.54) is 0 Å². The first-order valence-corrected chi connectivity index (χ1v) is 11.2. The van der Waals surface area contributed by atoms with E-state index in [2.05, 4.69) is 25.6 Å². The fraction of sp³-hybridized carbons (Fsp3) is 0.227. The largest absolute Gasteiger partial charge is 0.481 e. The highest BCUT2D eigenvalue weighted by atomic mass is 32.2. The van der Waals surface area contributed by atoms with Gasteiger partial charge >= 0.3 is 12.1 Å². The van der Waals surface area contributed by atoms with Crippen molar-refractivity contribution in [1.29, 1.82) is 0 Å². The Morgan fingerprint density at radius 3 is 2.36 bits per heavy atom. The highest BCUT2D eigenvalue weighted by Crippen LogP contribution is 2.44. The number of carbonyl (C=O) groups excluding carboxylic acids is 2. The minimum Gasteiger partial charge on any atom is -0.481 e. The molecule has 0 bridgehead atoms. The Labute approximate surface area is 192 Å². The maximum atomic E-state index is 12.4. The SMILES string of the molecule is O=C(O)CSCCNC(=O)c1nonc1NC(=O)OCC1c2ccccc2-c2ccccc21. The number of carboxylic acid groups (broad SMARTS) is 1. The highest BCUT2D eigenvalue weighted by molar-refractivity contribution is 7.99. The number of fused-ring (bicyclic) bond motifs is 3. The third-order valence-electron chi connectivity index (χ3n) is 5.03. The predicted molar refractivity (Wildman–Crippen MR) is 120 cm³/mol. The molecule has 2 aromatic carbocycles. The van der Waals surface area contributed by atoms with E-state index in [9.17, 15) is 14.4 Å². The number of carboxylic acids is 1. The van der Waals surface area contributed by atoms with E-state index >= 15 is 0 Å². The van der Waals surface area contributed by atoms with Crippen LogP contribution in [0.2, 0.25) is 0 Å². The lowest BCUT2D eigenvalue weighted by Gasteiger charge is -2.14. The molecule has 0 fully saturated rings. The molecule has 4 rings (SSSR count). The van der Waals surface area contributed by atoms with Crippen molar-refractivity contribution in [2.45, 2.75) is 5.92 Å². The van der Waals surface area contributed by atoms with Crippen LogP contribution in [0.5, 0.6) is 0 Å². The van der Waals surface area contributed by atoms with E-state index < -0.39 is 18.0 Å². The summed E-state index contributed by atoms with van der Waals surface area (Å²) in [6.45, 7) is 0.321. The zero-order valence-electron chi connectivity index (χ0n) is 17.3. The standard InChI is InChI=1S/C22H20N4O6S/c27-18(28)12-33-10-9-23-21(29)19-20(26-32-25-19)24-22(30)31-11-17-15-7-3-1-5-13(15)14-6-2-4-8-16(14)17/h1-8,17H,9-12H2,(H,23,29)(H,27,28)(H,24,26,30). The van der Waals surface area contributed by atoms with Gasteiger partial charge in [0.05, 0.1) is 5.75 Å². The number of benzene rings is 2. The summed E-state index contributed by atoms with van der Waals surface area (Å²) >= 11 is 1.16. The smallest absolute Gasteiger partial charge is 0.412 e. The number of ether oxygens (including phenoxy) is 1. The average molecular weight is 468 g/mol. The molecule has 1 aliphatic carbocycles. The van der Waals surface area contributed by atoms with Crippen LogP contribution < -0.4 is 10.6 Å². The molecule has 170 valence electrons. The first kappa shape index (κ1) is 22.3. The lowest BCUT2D eigenvalue weighted by molar-refractivity contribution is -0.133. The number of aliphatic carboxylic acids is 1. The molecule has 0 spiro atoms. The first-order valence-electron chi connectivity index (χ1n) is 10.1. The fourth-order valence-corrected chi connectivity index (χ4v) is 4.20. The van der Waals surface area contributed by atoms with Crippen molar-refractivity contribution < 1.29 is 28.9 Å². The molecule has 0 radical (unpaired) electrons. The molecule has 2 amide bonds. The number of nitrogens with one attached hydrogen (secondary N) is 2. The van der Waals surface area contributed by atoms with Gasteiger partial charge in [0.15, 0.2) is 0 Å². The van der Waals surface area contributed by atoms with Crippen molar-refractivity contribution in [2.75, 3.05) is 30.0 Å². The van der Waals surface area contributed by atoms with Crippen LogP contribution in [0.25, 0.3) is 11.1 Å². The number of hydrogen-bond acceptors (Lipinski definition) is 8. The summed E-state index contributed by atoms with van der Waals surface area (Å²) in [6.07, 6.45) is -0.793. The Kier molecular flexibility index (Phi) is 6.89. The fourth-order valence-electron chi connectivity index (χ4n) is 3.63. The van der Waals surface area contributed by atoms with Gasteiger partial charge in [0.2, 0.25) is 11.5 Å². The Hall–Kier alpha value is -3.86. The van der Waals surface area contributed by atoms with Crippen molar-refractivity contribution in [2.24, 2.45) is 0 Å². The molecule has 0 aliphatic heterocycles. The summed E-state index contributed by atoms with van der Waals surface area (Å²) in [5, 5.41) is 20.6. The molecule has 33 heavy (non-hydrogen) atoms. The molecule has 0 atom stereocenters. The van der Waals surface area contributed by atoms with Crippen LogP contribution in [-0.2, 0) is 9.53 Å². The molecule has 1 aliphatic rings. The number of nitrogens with zero attached hydrogens (tertiary/aromatic N) is 2. The van der Waals surface area contributed by atoms with Gasteiger partial charge in [0.1, 0.15) is 6.61 Å². The van der Waals surface area contributed by atoms with Crippen LogP contribution in [0, 0.1) is 0 Å². The summed E-state index contributed by atoms with van der Waals surface area (Å²) in [5.41, 5.74) is 4.18. The molecule has 3 N–H and O–H groups in total. The molecular formula is C22H20N4O6S. The molecule has 0 saturated heterocycles. The van der Waals surface area contributed by atoms with Gasteiger partial charge < -0.3 is 15.2 Å². The van der Waals surface area contributed by atoms with E-state index in [0.29, 0.717) is 5.75 Å². The number of rotatable bonds is 9. The highest BCUT2D eigenvalue weighted by Gasteiger charge is 2.29. The van der Waals surface area contributed by atoms with Crippen LogP contribution in [0.1, 0.15) is 27.5 Å². The van der Waals surface area contributed by atoms with E-state index in [4.69, 9.17) is 9.84 Å². The Morgan fingerprint density at radius 1 is 1.03 bits per heavy atom. The Balaban J connectivity index is 1.33. The molecular weight excluding hydrogens is 448 g/mol. The van der Waals surface area contributed by atoms with Gasteiger partial charge in [-0.05, 0) is 32.6 Å². The van der Waals surface area contributed by atoms with Gasteiger partial charge in [0, 0.05) is 18.2 Å². The number of carbonyl (C=O) groups is 3. The van der Waals surface area contributed by atoms with Gasteiger partial charge in [-0.25, -0.2) is 9.42 Å². The maximum absolute atomic E-state index is 12.4. The molecule has 11 heteroatoms. The van der Waals surface area contributed by atoms with E-state index in [-0.39, 0.29) is 36.3 Å². The zero-order chi connectivity index (χ0) is 23.2. The number of aromatic nitrogens is 2. The van der Waals surface area contributed by atoms with Crippen molar-refractivity contribution in [3.63, 3.8) is 0 Å². The lowest BCUT2D eigenvalue weighted by Crippen LogP contribution is -2.28. The molecule has 0 unspecified atom stereocenters. The Bertz CT molecular complexity index is 1140. The second kappa shape index (κ2) is 10.2. The minimum atomic E-state index is -0.929. The van der Waals surface area contributed by atoms with Crippen molar-refractivity contribution in [1.82, 2.24) is 15.6 Å². The molecule has 1 heterocycles. The van der Waals surface area contributed by atoms with Gasteiger partial charge in [-0.2, -0.15) is 0 Å². The van der Waals surface area contributed by atoms with E-state index in [0.717, 1.165) is 34.0 Å². The van der Waals surface area contributed by atoms with E-state index in [1.54, 1.807) is 0 Å². The number of thioether (sulfide) groups is 1. The van der Waals surface area contributed by atoms with Crippen LogP contribution in [0.4, 0.5) is 10.6 Å². The molecule has 0 saturated carbocycles. The van der Waals surface area contributed by atoms with Crippen LogP contribution in [0.3, 0.4) is 0 Å². The van der Waals surface area contributed by atoms with Gasteiger partial charge in [0.25, 0.3) is 5.91 Å².